The van der Waals surface area contributed by atoms with Gasteiger partial charge in [0.1, 0.15) is 17.5 Å². The Balaban J connectivity index is 1.84. The SMILES string of the molecule is CCC(=O)Nc1ccc(Sc2nc(N/C(N)=C/C(C)=N)cc(N3CC[C@H](N(C)C)C3)n2)cc1. The van der Waals surface area contributed by atoms with Crippen molar-refractivity contribution in [3.63, 3.8) is 0 Å². The first kappa shape index (κ1) is 24.5. The minimum atomic E-state index is -0.0189. The fraction of sp³-hybridized carbons (Fsp3) is 0.391. The van der Waals surface area contributed by atoms with Gasteiger partial charge >= 0.3 is 0 Å². The van der Waals surface area contributed by atoms with Gasteiger partial charge in [0.25, 0.3) is 0 Å². The molecule has 10 heteroatoms. The van der Waals surface area contributed by atoms with Crippen LogP contribution in [0.3, 0.4) is 0 Å². The topological polar surface area (TPSA) is 123 Å². The molecule has 1 amide bonds. The predicted molar refractivity (Wildman–Crippen MR) is 135 cm³/mol. The molecule has 0 saturated carbocycles. The van der Waals surface area contributed by atoms with E-state index in [1.807, 2.05) is 37.3 Å². The normalized spacial score (nSPS) is 16.2. The summed E-state index contributed by atoms with van der Waals surface area (Å²) in [5.74, 6) is 1.75. The molecular weight excluding hydrogens is 436 g/mol. The number of nitrogens with zero attached hydrogens (tertiary/aromatic N) is 4. The van der Waals surface area contributed by atoms with E-state index >= 15 is 0 Å². The number of amides is 1. The van der Waals surface area contributed by atoms with Gasteiger partial charge in [-0.05, 0) is 69.5 Å². The maximum atomic E-state index is 11.6. The summed E-state index contributed by atoms with van der Waals surface area (Å²) in [6.07, 6.45) is 3.06. The smallest absolute Gasteiger partial charge is 0.224 e. The molecule has 0 unspecified atom stereocenters. The lowest BCUT2D eigenvalue weighted by molar-refractivity contribution is -0.115. The average molecular weight is 469 g/mol. The van der Waals surface area contributed by atoms with Crippen LogP contribution < -0.4 is 21.3 Å². The minimum absolute atomic E-state index is 0.0189. The minimum Gasteiger partial charge on any atom is -0.385 e. The molecular formula is C23H32N8OS. The summed E-state index contributed by atoms with van der Waals surface area (Å²) in [5.41, 5.74) is 7.14. The maximum absolute atomic E-state index is 11.6. The molecule has 0 aliphatic carbocycles. The van der Waals surface area contributed by atoms with Gasteiger partial charge in [-0.15, -0.1) is 0 Å². The Labute approximate surface area is 199 Å². The first-order valence-electron chi connectivity index (χ1n) is 10.9. The van der Waals surface area contributed by atoms with E-state index in [9.17, 15) is 4.79 Å². The highest BCUT2D eigenvalue weighted by Crippen LogP contribution is 2.30. The van der Waals surface area contributed by atoms with Gasteiger partial charge in [-0.2, -0.15) is 0 Å². The summed E-state index contributed by atoms with van der Waals surface area (Å²) in [6.45, 7) is 5.30. The van der Waals surface area contributed by atoms with E-state index < -0.39 is 0 Å². The van der Waals surface area contributed by atoms with Crippen LogP contribution in [0.4, 0.5) is 17.3 Å². The summed E-state index contributed by atoms with van der Waals surface area (Å²) in [6, 6.07) is 9.98. The molecule has 176 valence electrons. The van der Waals surface area contributed by atoms with Crippen molar-refractivity contribution in [2.75, 3.05) is 42.7 Å². The van der Waals surface area contributed by atoms with E-state index in [1.165, 1.54) is 11.8 Å². The van der Waals surface area contributed by atoms with Crippen molar-refractivity contribution in [1.29, 1.82) is 5.41 Å². The number of rotatable bonds is 9. The van der Waals surface area contributed by atoms with Crippen molar-refractivity contribution in [2.45, 2.75) is 42.8 Å². The van der Waals surface area contributed by atoms with Gasteiger partial charge in [-0.25, -0.2) is 9.97 Å². The second kappa shape index (κ2) is 11.2. The van der Waals surface area contributed by atoms with E-state index in [4.69, 9.17) is 16.1 Å². The van der Waals surface area contributed by atoms with Crippen LogP contribution in [0, 0.1) is 5.41 Å². The van der Waals surface area contributed by atoms with Crippen LogP contribution in [0.15, 0.2) is 52.3 Å². The number of aromatic nitrogens is 2. The standard InChI is InChI=1S/C23H32N8OS/c1-5-22(32)26-16-6-8-18(9-7-16)33-23-28-20(27-19(25)12-15(2)24)13-21(29-23)31-11-10-17(14-31)30(3)4/h6-9,12-13,17,24H,5,10-11,14,25H2,1-4H3,(H,26,32)(H,27,28,29)/b19-12+,24-15?/t17-/m0/s1. The fourth-order valence-corrected chi connectivity index (χ4v) is 4.20. The predicted octanol–water partition coefficient (Wildman–Crippen LogP) is 3.37. The average Bonchev–Trinajstić information content (AvgIpc) is 3.25. The van der Waals surface area contributed by atoms with Crippen molar-refractivity contribution in [2.24, 2.45) is 5.73 Å². The summed E-state index contributed by atoms with van der Waals surface area (Å²) >= 11 is 1.44. The third-order valence-electron chi connectivity index (χ3n) is 5.22. The number of likely N-dealkylation sites (N-methyl/N-ethyl adjacent to an activating group) is 1. The lowest BCUT2D eigenvalue weighted by Gasteiger charge is -2.22. The van der Waals surface area contributed by atoms with Crippen LogP contribution in [0.5, 0.6) is 0 Å². The molecule has 0 bridgehead atoms. The van der Waals surface area contributed by atoms with Gasteiger partial charge in [0.05, 0.1) is 0 Å². The van der Waals surface area contributed by atoms with Crippen LogP contribution in [-0.2, 0) is 4.79 Å². The van der Waals surface area contributed by atoms with Gasteiger partial charge in [0, 0.05) is 47.9 Å². The molecule has 1 atom stereocenters. The zero-order chi connectivity index (χ0) is 24.0. The molecule has 1 fully saturated rings. The van der Waals surface area contributed by atoms with Gasteiger partial charge < -0.3 is 31.6 Å². The maximum Gasteiger partial charge on any atom is 0.224 e. The Hall–Kier alpha value is -3.11. The van der Waals surface area contributed by atoms with Crippen molar-refractivity contribution in [1.82, 2.24) is 14.9 Å². The molecule has 3 rings (SSSR count). The summed E-state index contributed by atoms with van der Waals surface area (Å²) in [5, 5.41) is 14.1. The largest absolute Gasteiger partial charge is 0.385 e. The Morgan fingerprint density at radius 1 is 1.30 bits per heavy atom. The third kappa shape index (κ3) is 7.19. The van der Waals surface area contributed by atoms with E-state index in [0.717, 1.165) is 35.9 Å². The van der Waals surface area contributed by atoms with Crippen LogP contribution in [0.1, 0.15) is 26.7 Å². The van der Waals surface area contributed by atoms with Crippen LogP contribution in [-0.4, -0.2) is 59.7 Å². The van der Waals surface area contributed by atoms with Crippen molar-refractivity contribution < 1.29 is 4.79 Å². The molecule has 1 aliphatic rings. The molecule has 0 radical (unpaired) electrons. The number of anilines is 3. The molecule has 1 aromatic heterocycles. The molecule has 2 aromatic rings. The number of carbonyl (C=O) groups is 1. The molecule has 9 nitrogen and oxygen atoms in total. The zero-order valence-electron chi connectivity index (χ0n) is 19.6. The number of benzene rings is 1. The highest BCUT2D eigenvalue weighted by Gasteiger charge is 2.25. The zero-order valence-corrected chi connectivity index (χ0v) is 20.4. The quantitative estimate of drug-likeness (QED) is 0.326. The molecule has 1 aliphatic heterocycles. The molecule has 5 N–H and O–H groups in total. The van der Waals surface area contributed by atoms with Crippen LogP contribution >= 0.6 is 11.8 Å². The second-order valence-corrected chi connectivity index (χ2v) is 9.22. The van der Waals surface area contributed by atoms with Gasteiger partial charge in [-0.1, -0.05) is 6.92 Å². The Morgan fingerprint density at radius 3 is 2.64 bits per heavy atom. The number of allylic oxidation sites excluding steroid dienone is 1. The Bertz CT molecular complexity index is 1020. The summed E-state index contributed by atoms with van der Waals surface area (Å²) in [4.78, 5) is 26.5. The van der Waals surface area contributed by atoms with E-state index in [2.05, 4.69) is 39.5 Å². The molecule has 0 spiro atoms. The van der Waals surface area contributed by atoms with E-state index in [0.29, 0.717) is 35.0 Å². The van der Waals surface area contributed by atoms with Crippen molar-refractivity contribution in [3.05, 3.63) is 42.2 Å². The lowest BCUT2D eigenvalue weighted by Crippen LogP contribution is -2.31. The Morgan fingerprint density at radius 2 is 2.03 bits per heavy atom. The number of hydrogen-bond donors (Lipinski definition) is 4. The van der Waals surface area contributed by atoms with E-state index in [1.54, 1.807) is 13.0 Å². The second-order valence-electron chi connectivity index (χ2n) is 8.18. The third-order valence-corrected chi connectivity index (χ3v) is 6.10. The number of nitrogens with two attached hydrogens (primary N) is 1. The van der Waals surface area contributed by atoms with E-state index in [-0.39, 0.29) is 5.91 Å². The molecule has 2 heterocycles. The van der Waals surface area contributed by atoms with Gasteiger partial charge in [-0.3, -0.25) is 4.79 Å². The highest BCUT2D eigenvalue weighted by molar-refractivity contribution is 7.99. The Kier molecular flexibility index (Phi) is 8.29. The monoisotopic (exact) mass is 468 g/mol. The molecule has 1 aromatic carbocycles. The first-order chi connectivity index (χ1) is 15.7. The summed E-state index contributed by atoms with van der Waals surface area (Å²) in [7, 11) is 4.19. The molecule has 1 saturated heterocycles. The highest BCUT2D eigenvalue weighted by atomic mass is 32.2. The number of carbonyl (C=O) groups excluding carboxylic acids is 1. The van der Waals surface area contributed by atoms with Crippen LogP contribution in [0.25, 0.3) is 0 Å². The number of hydrogen-bond acceptors (Lipinski definition) is 9. The number of nitrogens with one attached hydrogen (secondary N) is 3. The van der Waals surface area contributed by atoms with Crippen molar-refractivity contribution >= 4 is 40.7 Å². The fourth-order valence-electron chi connectivity index (χ4n) is 3.43. The van der Waals surface area contributed by atoms with Crippen molar-refractivity contribution in [3.8, 4) is 0 Å². The molecule has 33 heavy (non-hydrogen) atoms. The van der Waals surface area contributed by atoms with Crippen LogP contribution in [0.2, 0.25) is 0 Å². The van der Waals surface area contributed by atoms with Gasteiger partial charge in [0.2, 0.25) is 5.91 Å². The first-order valence-corrected chi connectivity index (χ1v) is 11.7. The van der Waals surface area contributed by atoms with Gasteiger partial charge in [0.15, 0.2) is 5.16 Å². The lowest BCUT2D eigenvalue weighted by atomic mass is 10.2. The summed E-state index contributed by atoms with van der Waals surface area (Å²) < 4.78 is 0.